The number of nitrogens with zero attached hydrogens (tertiary/aromatic N) is 3. The smallest absolute Gasteiger partial charge is 0.337 e. The summed E-state index contributed by atoms with van der Waals surface area (Å²) in [6, 6.07) is 3.39. The molecule has 2 rings (SSSR count). The van der Waals surface area contributed by atoms with Gasteiger partial charge in [-0.25, -0.2) is 10.1 Å². The molecule has 2 aromatic heterocycles. The summed E-state index contributed by atoms with van der Waals surface area (Å²) in [7, 11) is 0. The highest BCUT2D eigenvalue weighted by Crippen LogP contribution is 2.18. The molecule has 0 unspecified atom stereocenters. The van der Waals surface area contributed by atoms with Gasteiger partial charge in [-0.05, 0) is 25.0 Å². The summed E-state index contributed by atoms with van der Waals surface area (Å²) in [6.45, 7) is 6.22. The molecule has 1 amide bonds. The molecule has 0 aliphatic heterocycles. The van der Waals surface area contributed by atoms with Gasteiger partial charge in [-0.3, -0.25) is 10.1 Å². The Morgan fingerprint density at radius 1 is 1.43 bits per heavy atom. The first-order valence-electron chi connectivity index (χ1n) is 6.53. The van der Waals surface area contributed by atoms with Crippen LogP contribution in [-0.2, 0) is 0 Å². The molecular weight excluding hydrogens is 294 g/mol. The number of H-pyrrole nitrogens is 1. The maximum atomic E-state index is 12.2. The van der Waals surface area contributed by atoms with E-state index in [2.05, 4.69) is 25.5 Å². The highest BCUT2D eigenvalue weighted by molar-refractivity contribution is 6.29. The number of ether oxygens (including phenoxy) is 1. The first-order chi connectivity index (χ1) is 9.99. The van der Waals surface area contributed by atoms with Crippen LogP contribution >= 0.6 is 11.6 Å². The highest BCUT2D eigenvalue weighted by Gasteiger charge is 2.13. The number of hydrogen-bond acceptors (Lipinski definition) is 5. The largest absolute Gasteiger partial charge is 0.463 e. The molecule has 112 valence electrons. The van der Waals surface area contributed by atoms with E-state index in [0.717, 1.165) is 5.69 Å². The molecule has 0 aliphatic carbocycles. The summed E-state index contributed by atoms with van der Waals surface area (Å²) in [6.07, 6.45) is 0. The van der Waals surface area contributed by atoms with Crippen molar-refractivity contribution in [1.82, 2.24) is 20.2 Å². The van der Waals surface area contributed by atoms with Gasteiger partial charge in [-0.1, -0.05) is 25.4 Å². The molecule has 0 spiro atoms. The first-order valence-corrected chi connectivity index (χ1v) is 6.91. The van der Waals surface area contributed by atoms with E-state index in [-0.39, 0.29) is 28.9 Å². The predicted molar refractivity (Wildman–Crippen MR) is 78.8 cm³/mol. The Labute approximate surface area is 127 Å². The van der Waals surface area contributed by atoms with Gasteiger partial charge < -0.3 is 4.74 Å². The van der Waals surface area contributed by atoms with Crippen LogP contribution in [-0.4, -0.2) is 32.7 Å². The lowest BCUT2D eigenvalue weighted by Gasteiger charge is -2.08. The Morgan fingerprint density at radius 3 is 2.86 bits per heavy atom. The Balaban J connectivity index is 2.15. The maximum Gasteiger partial charge on any atom is 0.337 e. The quantitative estimate of drug-likeness (QED) is 0.828. The van der Waals surface area contributed by atoms with Crippen molar-refractivity contribution >= 4 is 23.5 Å². The van der Waals surface area contributed by atoms with Gasteiger partial charge >= 0.3 is 6.01 Å². The topological polar surface area (TPSA) is 92.8 Å². The molecule has 7 nitrogen and oxygen atoms in total. The van der Waals surface area contributed by atoms with E-state index in [1.54, 1.807) is 6.07 Å². The molecule has 0 fully saturated rings. The van der Waals surface area contributed by atoms with Crippen molar-refractivity contribution in [3.63, 3.8) is 0 Å². The number of hydrogen-bond donors (Lipinski definition) is 2. The average Bonchev–Trinajstić information content (AvgIpc) is 2.85. The molecular formula is C13H16ClN5O2. The van der Waals surface area contributed by atoms with E-state index in [4.69, 9.17) is 16.3 Å². The number of aromatic amines is 1. The molecule has 0 aliphatic rings. The van der Waals surface area contributed by atoms with Crippen LogP contribution in [0.15, 0.2) is 12.1 Å². The number of aromatic nitrogens is 4. The molecule has 2 N–H and O–H groups in total. The lowest BCUT2D eigenvalue weighted by molar-refractivity contribution is 0.102. The third-order valence-corrected chi connectivity index (χ3v) is 2.83. The minimum absolute atomic E-state index is 0.171. The van der Waals surface area contributed by atoms with Crippen LogP contribution in [0.2, 0.25) is 5.15 Å². The van der Waals surface area contributed by atoms with E-state index in [1.165, 1.54) is 6.07 Å². The van der Waals surface area contributed by atoms with E-state index in [9.17, 15) is 4.79 Å². The number of halogens is 1. The Kier molecular flexibility index (Phi) is 4.74. The summed E-state index contributed by atoms with van der Waals surface area (Å²) < 4.78 is 5.11. The summed E-state index contributed by atoms with van der Waals surface area (Å²) >= 11 is 5.94. The molecule has 0 atom stereocenters. The van der Waals surface area contributed by atoms with Crippen molar-refractivity contribution in [2.75, 3.05) is 11.9 Å². The lowest BCUT2D eigenvalue weighted by Crippen LogP contribution is -2.14. The van der Waals surface area contributed by atoms with Crippen LogP contribution in [0.25, 0.3) is 0 Å². The SMILES string of the molecule is CCOc1n[nH]c(NC(=O)c2cc(Cl)nc(C(C)C)c2)n1. The average molecular weight is 310 g/mol. The fourth-order valence-corrected chi connectivity index (χ4v) is 1.83. The number of anilines is 1. The third-order valence-electron chi connectivity index (χ3n) is 2.64. The van der Waals surface area contributed by atoms with Gasteiger partial charge in [0, 0.05) is 11.3 Å². The predicted octanol–water partition coefficient (Wildman–Crippen LogP) is 2.63. The van der Waals surface area contributed by atoms with Gasteiger partial charge in [0.25, 0.3) is 5.91 Å². The monoisotopic (exact) mass is 309 g/mol. The summed E-state index contributed by atoms with van der Waals surface area (Å²) in [5.74, 6) is 0.0352. The van der Waals surface area contributed by atoms with Crippen molar-refractivity contribution in [1.29, 1.82) is 0 Å². The second-order valence-corrected chi connectivity index (χ2v) is 5.00. The Morgan fingerprint density at radius 2 is 2.19 bits per heavy atom. The molecule has 8 heteroatoms. The minimum Gasteiger partial charge on any atom is -0.463 e. The van der Waals surface area contributed by atoms with Crippen LogP contribution in [0.4, 0.5) is 5.95 Å². The third kappa shape index (κ3) is 3.91. The number of rotatable bonds is 5. The molecule has 0 aromatic carbocycles. The van der Waals surface area contributed by atoms with Gasteiger partial charge in [0.2, 0.25) is 5.95 Å². The van der Waals surface area contributed by atoms with Crippen LogP contribution in [0.1, 0.15) is 42.7 Å². The molecule has 0 radical (unpaired) electrons. The number of carbonyl (C=O) groups is 1. The van der Waals surface area contributed by atoms with Gasteiger partial charge in [0.05, 0.1) is 6.61 Å². The van der Waals surface area contributed by atoms with Crippen molar-refractivity contribution < 1.29 is 9.53 Å². The minimum atomic E-state index is -0.347. The zero-order chi connectivity index (χ0) is 15.4. The van der Waals surface area contributed by atoms with Crippen molar-refractivity contribution in [3.8, 4) is 6.01 Å². The standard InChI is InChI=1S/C13H16ClN5O2/c1-4-21-13-17-12(18-19-13)16-11(20)8-5-9(7(2)3)15-10(14)6-8/h5-7H,4H2,1-3H3,(H2,16,17,18,19,20). The van der Waals surface area contributed by atoms with E-state index in [1.807, 2.05) is 20.8 Å². The number of pyridine rings is 1. The van der Waals surface area contributed by atoms with Crippen LogP contribution in [0.3, 0.4) is 0 Å². The number of carbonyl (C=O) groups excluding carboxylic acids is 1. The van der Waals surface area contributed by atoms with Gasteiger partial charge in [-0.2, -0.15) is 4.98 Å². The van der Waals surface area contributed by atoms with Gasteiger partial charge in [0.15, 0.2) is 0 Å². The second-order valence-electron chi connectivity index (χ2n) is 4.61. The van der Waals surface area contributed by atoms with Crippen molar-refractivity contribution in [2.24, 2.45) is 0 Å². The molecule has 0 saturated carbocycles. The Hall–Kier alpha value is -2.15. The highest BCUT2D eigenvalue weighted by atomic mass is 35.5. The fraction of sp³-hybridized carbons (Fsp3) is 0.385. The van der Waals surface area contributed by atoms with Crippen molar-refractivity contribution in [3.05, 3.63) is 28.5 Å². The molecule has 2 heterocycles. The molecule has 2 aromatic rings. The zero-order valence-electron chi connectivity index (χ0n) is 12.0. The van der Waals surface area contributed by atoms with Crippen LogP contribution < -0.4 is 10.1 Å². The second kappa shape index (κ2) is 6.53. The summed E-state index contributed by atoms with van der Waals surface area (Å²) in [5, 5.41) is 9.25. The van der Waals surface area contributed by atoms with E-state index >= 15 is 0 Å². The van der Waals surface area contributed by atoms with Gasteiger partial charge in [0.1, 0.15) is 5.15 Å². The van der Waals surface area contributed by atoms with Crippen LogP contribution in [0.5, 0.6) is 6.01 Å². The first kappa shape index (κ1) is 15.2. The van der Waals surface area contributed by atoms with E-state index < -0.39 is 0 Å². The zero-order valence-corrected chi connectivity index (χ0v) is 12.7. The molecule has 0 bridgehead atoms. The molecule has 0 saturated heterocycles. The summed E-state index contributed by atoms with van der Waals surface area (Å²) in [4.78, 5) is 20.3. The molecule has 21 heavy (non-hydrogen) atoms. The van der Waals surface area contributed by atoms with E-state index in [0.29, 0.717) is 12.2 Å². The maximum absolute atomic E-state index is 12.2. The van der Waals surface area contributed by atoms with Crippen molar-refractivity contribution in [2.45, 2.75) is 26.7 Å². The number of amides is 1. The number of nitrogens with one attached hydrogen (secondary N) is 2. The fourth-order valence-electron chi connectivity index (χ4n) is 1.62. The van der Waals surface area contributed by atoms with Crippen LogP contribution in [0, 0.1) is 0 Å². The Bertz CT molecular complexity index is 641. The van der Waals surface area contributed by atoms with Gasteiger partial charge in [-0.15, -0.1) is 5.10 Å². The lowest BCUT2D eigenvalue weighted by atomic mass is 10.1. The summed E-state index contributed by atoms with van der Waals surface area (Å²) in [5.41, 5.74) is 1.16. The normalized spacial score (nSPS) is 10.7.